The second-order valence-electron chi connectivity index (χ2n) is 3.83. The number of benzene rings is 1. The highest BCUT2D eigenvalue weighted by molar-refractivity contribution is 9.09. The molecule has 0 aromatic heterocycles. The third kappa shape index (κ3) is 4.67. The van der Waals surface area contributed by atoms with E-state index in [1.807, 2.05) is 12.1 Å². The van der Waals surface area contributed by atoms with Crippen LogP contribution in [0, 0.1) is 0 Å². The van der Waals surface area contributed by atoms with E-state index in [0.29, 0.717) is 4.83 Å². The van der Waals surface area contributed by atoms with E-state index < -0.39 is 0 Å². The predicted octanol–water partition coefficient (Wildman–Crippen LogP) is 2.91. The predicted molar refractivity (Wildman–Crippen MR) is 67.7 cm³/mol. The number of hydrogen-bond donors (Lipinski definition) is 0. The summed E-state index contributed by atoms with van der Waals surface area (Å²) in [5, 5.41) is 0. The maximum absolute atomic E-state index is 5.12. The van der Waals surface area contributed by atoms with Crippen LogP contribution in [0.3, 0.4) is 0 Å². The van der Waals surface area contributed by atoms with Gasteiger partial charge in [-0.05, 0) is 24.7 Å². The highest BCUT2D eigenvalue weighted by Gasteiger charge is 2.03. The molecule has 0 bridgehead atoms. The first kappa shape index (κ1) is 12.5. The molecule has 0 spiro atoms. The fourth-order valence-corrected chi connectivity index (χ4v) is 2.03. The number of methoxy groups -OCH3 is 1. The molecule has 1 rings (SSSR count). The number of rotatable bonds is 5. The van der Waals surface area contributed by atoms with Crippen LogP contribution in [0.25, 0.3) is 0 Å². The molecular formula is C12H18BrNO. The average molecular weight is 272 g/mol. The molecule has 1 aromatic carbocycles. The Hall–Kier alpha value is -0.540. The second kappa shape index (κ2) is 6.13. The summed E-state index contributed by atoms with van der Waals surface area (Å²) in [4.78, 5) is 2.82. The van der Waals surface area contributed by atoms with Crippen LogP contribution >= 0.6 is 15.9 Å². The highest BCUT2D eigenvalue weighted by Crippen LogP contribution is 2.13. The first-order valence-corrected chi connectivity index (χ1v) is 5.99. The normalized spacial score (nSPS) is 12.9. The van der Waals surface area contributed by atoms with Gasteiger partial charge in [0.15, 0.2) is 0 Å². The van der Waals surface area contributed by atoms with Crippen molar-refractivity contribution in [3.63, 3.8) is 0 Å². The monoisotopic (exact) mass is 271 g/mol. The van der Waals surface area contributed by atoms with Gasteiger partial charge in [-0.1, -0.05) is 35.0 Å². The lowest BCUT2D eigenvalue weighted by Crippen LogP contribution is -2.23. The molecule has 2 nitrogen and oxygen atoms in total. The Morgan fingerprint density at radius 3 is 2.40 bits per heavy atom. The minimum Gasteiger partial charge on any atom is -0.497 e. The standard InChI is InChI=1S/C12H18BrNO/c1-10(13)8-14(2)9-11-4-6-12(15-3)7-5-11/h4-7,10H,8-9H2,1-3H3. The lowest BCUT2D eigenvalue weighted by atomic mass is 10.2. The van der Waals surface area contributed by atoms with Crippen LogP contribution in [0.4, 0.5) is 0 Å². The minimum atomic E-state index is 0.528. The molecule has 0 radical (unpaired) electrons. The molecule has 3 heteroatoms. The smallest absolute Gasteiger partial charge is 0.118 e. The van der Waals surface area contributed by atoms with Gasteiger partial charge < -0.3 is 9.64 Å². The van der Waals surface area contributed by atoms with Gasteiger partial charge in [-0.25, -0.2) is 0 Å². The molecule has 0 amide bonds. The summed E-state index contributed by atoms with van der Waals surface area (Å²) < 4.78 is 5.12. The quantitative estimate of drug-likeness (QED) is 0.764. The first-order valence-electron chi connectivity index (χ1n) is 5.07. The number of hydrogen-bond acceptors (Lipinski definition) is 2. The SMILES string of the molecule is COc1ccc(CN(C)CC(C)Br)cc1. The minimum absolute atomic E-state index is 0.528. The molecule has 0 saturated carbocycles. The van der Waals surface area contributed by atoms with Crippen molar-refractivity contribution in [3.05, 3.63) is 29.8 Å². The van der Waals surface area contributed by atoms with Crippen LogP contribution < -0.4 is 4.74 Å². The largest absolute Gasteiger partial charge is 0.497 e. The van der Waals surface area contributed by atoms with Crippen molar-refractivity contribution in [1.29, 1.82) is 0 Å². The van der Waals surface area contributed by atoms with Gasteiger partial charge >= 0.3 is 0 Å². The Labute approximate surface area is 100 Å². The van der Waals surface area contributed by atoms with Crippen LogP contribution in [0.2, 0.25) is 0 Å². The Morgan fingerprint density at radius 1 is 1.33 bits per heavy atom. The third-order valence-electron chi connectivity index (χ3n) is 2.17. The van der Waals surface area contributed by atoms with Crippen molar-refractivity contribution < 1.29 is 4.74 Å². The Balaban J connectivity index is 2.49. The van der Waals surface area contributed by atoms with Gasteiger partial charge in [-0.3, -0.25) is 0 Å². The lowest BCUT2D eigenvalue weighted by molar-refractivity contribution is 0.332. The van der Waals surface area contributed by atoms with E-state index in [2.05, 4.69) is 46.9 Å². The number of ether oxygens (including phenoxy) is 1. The molecule has 0 saturated heterocycles. The van der Waals surface area contributed by atoms with E-state index in [4.69, 9.17) is 4.74 Å². The van der Waals surface area contributed by atoms with Crippen molar-refractivity contribution in [2.45, 2.75) is 18.3 Å². The number of nitrogens with zero attached hydrogens (tertiary/aromatic N) is 1. The average Bonchev–Trinajstić information content (AvgIpc) is 2.17. The first-order chi connectivity index (χ1) is 7.11. The highest BCUT2D eigenvalue weighted by atomic mass is 79.9. The molecule has 1 unspecified atom stereocenters. The molecule has 1 atom stereocenters. The Morgan fingerprint density at radius 2 is 1.93 bits per heavy atom. The fraction of sp³-hybridized carbons (Fsp3) is 0.500. The summed E-state index contributed by atoms with van der Waals surface area (Å²) in [6, 6.07) is 8.21. The number of halogens is 1. The van der Waals surface area contributed by atoms with Crippen LogP contribution in [0.1, 0.15) is 12.5 Å². The maximum Gasteiger partial charge on any atom is 0.118 e. The van der Waals surface area contributed by atoms with E-state index in [9.17, 15) is 0 Å². The van der Waals surface area contributed by atoms with Crippen molar-refractivity contribution in [2.24, 2.45) is 0 Å². The maximum atomic E-state index is 5.12. The van der Waals surface area contributed by atoms with Gasteiger partial charge in [0, 0.05) is 17.9 Å². The number of alkyl halides is 1. The molecule has 0 aliphatic carbocycles. The summed E-state index contributed by atoms with van der Waals surface area (Å²) >= 11 is 3.55. The third-order valence-corrected chi connectivity index (χ3v) is 2.46. The summed E-state index contributed by atoms with van der Waals surface area (Å²) in [5.41, 5.74) is 1.31. The van der Waals surface area contributed by atoms with E-state index in [-0.39, 0.29) is 0 Å². The molecule has 0 aliphatic heterocycles. The van der Waals surface area contributed by atoms with Gasteiger partial charge in [-0.2, -0.15) is 0 Å². The zero-order valence-corrected chi connectivity index (χ0v) is 11.1. The lowest BCUT2D eigenvalue weighted by Gasteiger charge is -2.18. The summed E-state index contributed by atoms with van der Waals surface area (Å²) in [6.45, 7) is 4.18. The summed E-state index contributed by atoms with van der Waals surface area (Å²) in [6.07, 6.45) is 0. The van der Waals surface area contributed by atoms with Crippen molar-refractivity contribution >= 4 is 15.9 Å². The summed E-state index contributed by atoms with van der Waals surface area (Å²) in [5.74, 6) is 0.912. The van der Waals surface area contributed by atoms with Crippen molar-refractivity contribution in [3.8, 4) is 5.75 Å². The van der Waals surface area contributed by atoms with E-state index in [1.165, 1.54) is 5.56 Å². The van der Waals surface area contributed by atoms with Crippen LogP contribution in [-0.2, 0) is 6.54 Å². The van der Waals surface area contributed by atoms with Gasteiger partial charge in [0.25, 0.3) is 0 Å². The Kier molecular flexibility index (Phi) is 5.12. The summed E-state index contributed by atoms with van der Waals surface area (Å²) in [7, 11) is 3.82. The fourth-order valence-electron chi connectivity index (χ4n) is 1.54. The molecule has 15 heavy (non-hydrogen) atoms. The molecule has 84 valence electrons. The molecule has 0 heterocycles. The van der Waals surface area contributed by atoms with Gasteiger partial charge in [0.2, 0.25) is 0 Å². The Bertz CT molecular complexity index is 284. The van der Waals surface area contributed by atoms with Gasteiger partial charge in [-0.15, -0.1) is 0 Å². The van der Waals surface area contributed by atoms with Gasteiger partial charge in [0.05, 0.1) is 7.11 Å². The van der Waals surface area contributed by atoms with Crippen LogP contribution in [0.15, 0.2) is 24.3 Å². The van der Waals surface area contributed by atoms with Crippen molar-refractivity contribution in [1.82, 2.24) is 4.90 Å². The second-order valence-corrected chi connectivity index (χ2v) is 5.39. The van der Waals surface area contributed by atoms with Crippen LogP contribution in [-0.4, -0.2) is 30.4 Å². The molecule has 0 fully saturated rings. The van der Waals surface area contributed by atoms with E-state index in [0.717, 1.165) is 18.8 Å². The molecule has 0 N–H and O–H groups in total. The zero-order valence-electron chi connectivity index (χ0n) is 9.53. The van der Waals surface area contributed by atoms with Crippen molar-refractivity contribution in [2.75, 3.05) is 20.7 Å². The van der Waals surface area contributed by atoms with E-state index in [1.54, 1.807) is 7.11 Å². The van der Waals surface area contributed by atoms with Crippen LogP contribution in [0.5, 0.6) is 5.75 Å². The topological polar surface area (TPSA) is 12.5 Å². The van der Waals surface area contributed by atoms with Gasteiger partial charge in [0.1, 0.15) is 5.75 Å². The molecule has 1 aromatic rings. The molecule has 0 aliphatic rings. The molecular weight excluding hydrogens is 254 g/mol. The van der Waals surface area contributed by atoms with E-state index >= 15 is 0 Å². The zero-order chi connectivity index (χ0) is 11.3.